The summed E-state index contributed by atoms with van der Waals surface area (Å²) in [5.74, 6) is 0.440. The number of carbonyl (C=O) groups is 1. The minimum atomic E-state index is -0.164. The number of hydrogen-bond acceptors (Lipinski definition) is 5. The second kappa shape index (κ2) is 6.16. The van der Waals surface area contributed by atoms with E-state index in [0.29, 0.717) is 35.4 Å². The van der Waals surface area contributed by atoms with Gasteiger partial charge in [-0.25, -0.2) is 4.98 Å². The number of aryl methyl sites for hydroxylation is 1. The fraction of sp³-hybridized carbons (Fsp3) is 0.333. The summed E-state index contributed by atoms with van der Waals surface area (Å²) < 4.78 is 6.64. The second-order valence-electron chi connectivity index (χ2n) is 6.34. The highest BCUT2D eigenvalue weighted by molar-refractivity contribution is 5.92. The zero-order chi connectivity index (χ0) is 17.4. The summed E-state index contributed by atoms with van der Waals surface area (Å²) >= 11 is 0. The first-order valence-electron chi connectivity index (χ1n) is 8.32. The Labute approximate surface area is 143 Å². The molecular weight excluding hydrogens is 320 g/mol. The Morgan fingerprint density at radius 3 is 2.96 bits per heavy atom. The minimum absolute atomic E-state index is 0.0674. The molecule has 1 aliphatic rings. The lowest BCUT2D eigenvalue weighted by atomic mass is 10.0. The molecule has 4 rings (SSSR count). The second-order valence-corrected chi connectivity index (χ2v) is 6.34. The van der Waals surface area contributed by atoms with Crippen LogP contribution in [0.3, 0.4) is 0 Å². The summed E-state index contributed by atoms with van der Waals surface area (Å²) in [7, 11) is 0. The number of fused-ring (bicyclic) bond motifs is 1. The summed E-state index contributed by atoms with van der Waals surface area (Å²) in [4.78, 5) is 31.5. The van der Waals surface area contributed by atoms with Crippen LogP contribution in [-0.4, -0.2) is 38.6 Å². The molecule has 1 amide bonds. The van der Waals surface area contributed by atoms with E-state index in [9.17, 15) is 9.59 Å². The number of amides is 1. The number of para-hydroxylation sites is 1. The van der Waals surface area contributed by atoms with Crippen molar-refractivity contribution in [3.05, 3.63) is 58.5 Å². The summed E-state index contributed by atoms with van der Waals surface area (Å²) in [6.45, 7) is 2.87. The summed E-state index contributed by atoms with van der Waals surface area (Å²) in [5.41, 5.74) is 0.926. The molecule has 25 heavy (non-hydrogen) atoms. The van der Waals surface area contributed by atoms with E-state index < -0.39 is 0 Å². The van der Waals surface area contributed by atoms with Gasteiger partial charge in [-0.05, 0) is 31.9 Å². The molecule has 0 saturated carbocycles. The first-order valence-corrected chi connectivity index (χ1v) is 8.32. The Kier molecular flexibility index (Phi) is 3.83. The zero-order valence-electron chi connectivity index (χ0n) is 13.9. The molecule has 128 valence electrons. The van der Waals surface area contributed by atoms with E-state index >= 15 is 0 Å². The molecule has 0 bridgehead atoms. The Hall–Kier alpha value is -2.96. The Balaban J connectivity index is 1.62. The first kappa shape index (κ1) is 15.6. The van der Waals surface area contributed by atoms with Crippen molar-refractivity contribution in [3.8, 4) is 0 Å². The van der Waals surface area contributed by atoms with Crippen LogP contribution in [0.25, 0.3) is 10.9 Å². The average molecular weight is 338 g/mol. The molecule has 0 unspecified atom stereocenters. The van der Waals surface area contributed by atoms with Gasteiger partial charge < -0.3 is 9.42 Å². The Morgan fingerprint density at radius 1 is 1.32 bits per heavy atom. The zero-order valence-corrected chi connectivity index (χ0v) is 13.9. The predicted octanol–water partition coefficient (Wildman–Crippen LogP) is 2.17. The predicted molar refractivity (Wildman–Crippen MR) is 91.4 cm³/mol. The average Bonchev–Trinajstić information content (AvgIpc) is 3.08. The summed E-state index contributed by atoms with van der Waals surface area (Å²) in [6, 6.07) is 8.85. The number of nitrogens with zero attached hydrogens (tertiary/aromatic N) is 4. The number of hydrogen-bond donors (Lipinski definition) is 0. The van der Waals surface area contributed by atoms with Crippen LogP contribution in [0.15, 0.2) is 46.0 Å². The van der Waals surface area contributed by atoms with Gasteiger partial charge in [-0.3, -0.25) is 14.2 Å². The third kappa shape index (κ3) is 2.82. The molecule has 1 atom stereocenters. The lowest BCUT2D eigenvalue weighted by molar-refractivity contribution is 0.0667. The van der Waals surface area contributed by atoms with Crippen molar-refractivity contribution in [2.24, 2.45) is 0 Å². The van der Waals surface area contributed by atoms with Gasteiger partial charge in [0.2, 0.25) is 0 Å². The van der Waals surface area contributed by atoms with Crippen molar-refractivity contribution in [2.75, 3.05) is 13.1 Å². The molecular formula is C18H18N4O3. The number of rotatable bonds is 2. The third-order valence-electron chi connectivity index (χ3n) is 4.61. The van der Waals surface area contributed by atoms with Gasteiger partial charge in [-0.2, -0.15) is 0 Å². The van der Waals surface area contributed by atoms with Gasteiger partial charge in [0.15, 0.2) is 5.69 Å². The molecule has 7 nitrogen and oxygen atoms in total. The number of carbonyl (C=O) groups excluding carboxylic acids is 1. The monoisotopic (exact) mass is 338 g/mol. The molecule has 0 N–H and O–H groups in total. The van der Waals surface area contributed by atoms with E-state index in [1.54, 1.807) is 34.9 Å². The van der Waals surface area contributed by atoms with Gasteiger partial charge in [0, 0.05) is 19.2 Å². The van der Waals surface area contributed by atoms with Gasteiger partial charge in [0.05, 0.1) is 23.3 Å². The fourth-order valence-electron chi connectivity index (χ4n) is 3.34. The molecule has 0 spiro atoms. The van der Waals surface area contributed by atoms with Crippen LogP contribution in [0.2, 0.25) is 0 Å². The standard InChI is InChI=1S/C18H18N4O3/c1-12-9-16(20-25-12)18(24)21-8-4-5-13(10-21)22-11-19-15-7-3-2-6-14(15)17(22)23/h2-3,6-7,9,11,13H,4-5,8,10H2,1H3/t13-/m0/s1. The fourth-order valence-corrected chi connectivity index (χ4v) is 3.34. The van der Waals surface area contributed by atoms with Crippen LogP contribution in [0.5, 0.6) is 0 Å². The van der Waals surface area contributed by atoms with E-state index in [2.05, 4.69) is 10.1 Å². The van der Waals surface area contributed by atoms with Crippen molar-refractivity contribution >= 4 is 16.8 Å². The van der Waals surface area contributed by atoms with Crippen LogP contribution in [0, 0.1) is 6.92 Å². The van der Waals surface area contributed by atoms with Crippen molar-refractivity contribution in [1.29, 1.82) is 0 Å². The van der Waals surface area contributed by atoms with Crippen molar-refractivity contribution < 1.29 is 9.32 Å². The van der Waals surface area contributed by atoms with E-state index in [0.717, 1.165) is 12.8 Å². The van der Waals surface area contributed by atoms with Crippen molar-refractivity contribution in [2.45, 2.75) is 25.8 Å². The highest BCUT2D eigenvalue weighted by atomic mass is 16.5. The van der Waals surface area contributed by atoms with Crippen LogP contribution >= 0.6 is 0 Å². The van der Waals surface area contributed by atoms with Crippen LogP contribution in [-0.2, 0) is 0 Å². The molecule has 3 heterocycles. The maximum Gasteiger partial charge on any atom is 0.276 e. The smallest absolute Gasteiger partial charge is 0.276 e. The van der Waals surface area contributed by atoms with Crippen LogP contribution in [0.4, 0.5) is 0 Å². The molecule has 1 aliphatic heterocycles. The number of benzene rings is 1. The summed E-state index contributed by atoms with van der Waals surface area (Å²) in [6.07, 6.45) is 3.25. The largest absolute Gasteiger partial charge is 0.361 e. The maximum atomic E-state index is 12.8. The molecule has 1 saturated heterocycles. The van der Waals surface area contributed by atoms with E-state index in [4.69, 9.17) is 4.52 Å². The van der Waals surface area contributed by atoms with E-state index in [1.165, 1.54) is 0 Å². The molecule has 3 aromatic rings. The van der Waals surface area contributed by atoms with Crippen LogP contribution in [0.1, 0.15) is 35.1 Å². The molecule has 7 heteroatoms. The maximum absolute atomic E-state index is 12.8. The Bertz CT molecular complexity index is 991. The highest BCUT2D eigenvalue weighted by Crippen LogP contribution is 2.22. The number of aromatic nitrogens is 3. The molecule has 2 aromatic heterocycles. The third-order valence-corrected chi connectivity index (χ3v) is 4.61. The van der Waals surface area contributed by atoms with Gasteiger partial charge in [0.25, 0.3) is 11.5 Å². The van der Waals surface area contributed by atoms with Crippen LogP contribution < -0.4 is 5.56 Å². The quantitative estimate of drug-likeness (QED) is 0.715. The highest BCUT2D eigenvalue weighted by Gasteiger charge is 2.28. The summed E-state index contributed by atoms with van der Waals surface area (Å²) in [5, 5.41) is 4.40. The SMILES string of the molecule is Cc1cc(C(=O)N2CCC[C@H](n3cnc4ccccc4c3=O)C2)no1. The topological polar surface area (TPSA) is 81.2 Å². The minimum Gasteiger partial charge on any atom is -0.361 e. The normalized spacial score (nSPS) is 17.8. The number of likely N-dealkylation sites (tertiary alicyclic amines) is 1. The lowest BCUT2D eigenvalue weighted by Gasteiger charge is -2.33. The van der Waals surface area contributed by atoms with Crippen molar-refractivity contribution in [3.63, 3.8) is 0 Å². The lowest BCUT2D eigenvalue weighted by Crippen LogP contribution is -2.43. The van der Waals surface area contributed by atoms with Crippen molar-refractivity contribution in [1.82, 2.24) is 19.6 Å². The van der Waals surface area contributed by atoms with Gasteiger partial charge in [-0.1, -0.05) is 17.3 Å². The first-order chi connectivity index (χ1) is 12.1. The number of piperidine rings is 1. The van der Waals surface area contributed by atoms with E-state index in [1.807, 2.05) is 18.2 Å². The molecule has 1 aromatic carbocycles. The van der Waals surface area contributed by atoms with Gasteiger partial charge in [0.1, 0.15) is 5.76 Å². The van der Waals surface area contributed by atoms with Gasteiger partial charge in [-0.15, -0.1) is 0 Å². The molecule has 1 fully saturated rings. The molecule has 0 aliphatic carbocycles. The Morgan fingerprint density at radius 2 is 2.16 bits per heavy atom. The van der Waals surface area contributed by atoms with E-state index in [-0.39, 0.29) is 17.5 Å². The molecule has 0 radical (unpaired) electrons. The van der Waals surface area contributed by atoms with Gasteiger partial charge >= 0.3 is 0 Å².